The van der Waals surface area contributed by atoms with Crippen molar-refractivity contribution in [1.29, 1.82) is 0 Å². The van der Waals surface area contributed by atoms with Gasteiger partial charge in [-0.25, -0.2) is 0 Å². The maximum absolute atomic E-state index is 4.21. The lowest BCUT2D eigenvalue weighted by Gasteiger charge is -2.18. The Morgan fingerprint density at radius 2 is 1.74 bits per heavy atom. The van der Waals surface area contributed by atoms with E-state index in [1.54, 1.807) is 0 Å². The van der Waals surface area contributed by atoms with Gasteiger partial charge in [0, 0.05) is 20.1 Å². The van der Waals surface area contributed by atoms with Crippen molar-refractivity contribution in [2.45, 2.75) is 40.5 Å². The third-order valence-electron chi connectivity index (χ3n) is 2.99. The SMILES string of the molecule is CCN(CC)CCCCNC(=NC)NCC(C)C.I. The number of guanidine groups is 1. The first-order valence-corrected chi connectivity index (χ1v) is 7.30. The molecule has 0 aliphatic carbocycles. The molecule has 0 radical (unpaired) electrons. The van der Waals surface area contributed by atoms with Crippen LogP contribution in [0.4, 0.5) is 0 Å². The minimum atomic E-state index is 0. The molecule has 0 saturated heterocycles. The molecule has 0 atom stereocenters. The van der Waals surface area contributed by atoms with Gasteiger partial charge in [0.15, 0.2) is 5.96 Å². The van der Waals surface area contributed by atoms with Crippen molar-refractivity contribution in [3.05, 3.63) is 0 Å². The van der Waals surface area contributed by atoms with Gasteiger partial charge < -0.3 is 15.5 Å². The number of unbranched alkanes of at least 4 members (excludes halogenated alkanes) is 1. The quantitative estimate of drug-likeness (QED) is 0.278. The van der Waals surface area contributed by atoms with Gasteiger partial charge in [-0.3, -0.25) is 4.99 Å². The summed E-state index contributed by atoms with van der Waals surface area (Å²) in [5, 5.41) is 6.67. The molecule has 0 amide bonds. The normalized spacial score (nSPS) is 11.6. The molecule has 0 aromatic rings. The van der Waals surface area contributed by atoms with Crippen LogP contribution < -0.4 is 10.6 Å². The smallest absolute Gasteiger partial charge is 0.190 e. The van der Waals surface area contributed by atoms with Crippen LogP contribution in [0.25, 0.3) is 0 Å². The molecule has 0 aromatic heterocycles. The van der Waals surface area contributed by atoms with E-state index in [-0.39, 0.29) is 24.0 Å². The molecule has 0 saturated carbocycles. The molecule has 5 heteroatoms. The second-order valence-electron chi connectivity index (χ2n) is 5.01. The summed E-state index contributed by atoms with van der Waals surface area (Å²) in [6.45, 7) is 14.3. The number of aliphatic imine (C=N–C) groups is 1. The Bertz CT molecular complexity index is 215. The number of hydrogen-bond acceptors (Lipinski definition) is 2. The number of rotatable bonds is 9. The van der Waals surface area contributed by atoms with Crippen LogP contribution in [0.3, 0.4) is 0 Å². The fraction of sp³-hybridized carbons (Fsp3) is 0.929. The first-order valence-electron chi connectivity index (χ1n) is 7.30. The Morgan fingerprint density at radius 3 is 2.21 bits per heavy atom. The van der Waals surface area contributed by atoms with Crippen LogP contribution in [0.1, 0.15) is 40.5 Å². The van der Waals surface area contributed by atoms with Gasteiger partial charge in [-0.05, 0) is 38.4 Å². The van der Waals surface area contributed by atoms with Gasteiger partial charge in [-0.1, -0.05) is 27.7 Å². The Balaban J connectivity index is 0. The minimum absolute atomic E-state index is 0. The Labute approximate surface area is 136 Å². The summed E-state index contributed by atoms with van der Waals surface area (Å²) in [7, 11) is 1.82. The van der Waals surface area contributed by atoms with Gasteiger partial charge in [0.05, 0.1) is 0 Å². The summed E-state index contributed by atoms with van der Waals surface area (Å²) in [5.74, 6) is 1.57. The van der Waals surface area contributed by atoms with Gasteiger partial charge in [-0.2, -0.15) is 0 Å². The molecule has 4 nitrogen and oxygen atoms in total. The Hall–Kier alpha value is -0.0400. The molecule has 19 heavy (non-hydrogen) atoms. The van der Waals surface area contributed by atoms with Crippen LogP contribution in [-0.2, 0) is 0 Å². The monoisotopic (exact) mass is 384 g/mol. The van der Waals surface area contributed by atoms with Crippen LogP contribution in [0.5, 0.6) is 0 Å². The van der Waals surface area contributed by atoms with Crippen molar-refractivity contribution in [3.8, 4) is 0 Å². The average molecular weight is 384 g/mol. The van der Waals surface area contributed by atoms with Crippen molar-refractivity contribution in [2.24, 2.45) is 10.9 Å². The van der Waals surface area contributed by atoms with E-state index in [9.17, 15) is 0 Å². The fourth-order valence-electron chi connectivity index (χ4n) is 1.73. The molecule has 0 aromatic carbocycles. The molecular formula is C14H33IN4. The highest BCUT2D eigenvalue weighted by Gasteiger charge is 2.00. The van der Waals surface area contributed by atoms with Gasteiger partial charge >= 0.3 is 0 Å². The molecular weight excluding hydrogens is 351 g/mol. The summed E-state index contributed by atoms with van der Waals surface area (Å²) < 4.78 is 0. The molecule has 0 rings (SSSR count). The van der Waals surface area contributed by atoms with Crippen molar-refractivity contribution in [3.63, 3.8) is 0 Å². The second-order valence-corrected chi connectivity index (χ2v) is 5.01. The van der Waals surface area contributed by atoms with E-state index in [0.29, 0.717) is 5.92 Å². The summed E-state index contributed by atoms with van der Waals surface area (Å²) in [5.41, 5.74) is 0. The van der Waals surface area contributed by atoms with Crippen LogP contribution in [0, 0.1) is 5.92 Å². The molecule has 116 valence electrons. The zero-order valence-corrected chi connectivity index (χ0v) is 15.7. The van der Waals surface area contributed by atoms with E-state index in [0.717, 1.165) is 32.1 Å². The van der Waals surface area contributed by atoms with Crippen molar-refractivity contribution in [2.75, 3.05) is 39.8 Å². The summed E-state index contributed by atoms with van der Waals surface area (Å²) in [6.07, 6.45) is 2.44. The molecule has 0 unspecified atom stereocenters. The van der Waals surface area contributed by atoms with Gasteiger partial charge in [0.25, 0.3) is 0 Å². The van der Waals surface area contributed by atoms with E-state index >= 15 is 0 Å². The third kappa shape index (κ3) is 12.7. The lowest BCUT2D eigenvalue weighted by atomic mass is 10.2. The first kappa shape index (κ1) is 21.3. The third-order valence-corrected chi connectivity index (χ3v) is 2.99. The largest absolute Gasteiger partial charge is 0.356 e. The van der Waals surface area contributed by atoms with Gasteiger partial charge in [0.2, 0.25) is 0 Å². The molecule has 0 spiro atoms. The van der Waals surface area contributed by atoms with E-state index in [2.05, 4.69) is 48.2 Å². The molecule has 0 aliphatic rings. The average Bonchev–Trinajstić information content (AvgIpc) is 2.37. The maximum atomic E-state index is 4.21. The second kappa shape index (κ2) is 14.4. The lowest BCUT2D eigenvalue weighted by Crippen LogP contribution is -2.39. The maximum Gasteiger partial charge on any atom is 0.190 e. The molecule has 0 bridgehead atoms. The van der Waals surface area contributed by atoms with Crippen LogP contribution in [-0.4, -0.2) is 50.6 Å². The Kier molecular flexibility index (Phi) is 16.1. The number of nitrogens with zero attached hydrogens (tertiary/aromatic N) is 2. The zero-order chi connectivity index (χ0) is 13.8. The lowest BCUT2D eigenvalue weighted by molar-refractivity contribution is 0.297. The van der Waals surface area contributed by atoms with Gasteiger partial charge in [-0.15, -0.1) is 24.0 Å². The van der Waals surface area contributed by atoms with Crippen molar-refractivity contribution >= 4 is 29.9 Å². The van der Waals surface area contributed by atoms with Gasteiger partial charge in [0.1, 0.15) is 0 Å². The summed E-state index contributed by atoms with van der Waals surface area (Å²) in [6, 6.07) is 0. The molecule has 2 N–H and O–H groups in total. The van der Waals surface area contributed by atoms with Crippen LogP contribution >= 0.6 is 24.0 Å². The van der Waals surface area contributed by atoms with E-state index in [1.807, 2.05) is 7.05 Å². The summed E-state index contributed by atoms with van der Waals surface area (Å²) >= 11 is 0. The fourth-order valence-corrected chi connectivity index (χ4v) is 1.73. The van der Waals surface area contributed by atoms with Crippen LogP contribution in [0.2, 0.25) is 0 Å². The van der Waals surface area contributed by atoms with E-state index in [1.165, 1.54) is 19.4 Å². The number of nitrogens with one attached hydrogen (secondary N) is 2. The molecule has 0 heterocycles. The highest BCUT2D eigenvalue weighted by Crippen LogP contribution is 1.94. The van der Waals surface area contributed by atoms with E-state index in [4.69, 9.17) is 0 Å². The molecule has 0 aliphatic heterocycles. The standard InChI is InChI=1S/C14H32N4.HI/c1-6-18(7-2)11-9-8-10-16-14(15-5)17-12-13(3)4;/h13H,6-12H2,1-5H3,(H2,15,16,17);1H. The van der Waals surface area contributed by atoms with E-state index < -0.39 is 0 Å². The zero-order valence-electron chi connectivity index (χ0n) is 13.3. The van der Waals surface area contributed by atoms with Crippen molar-refractivity contribution in [1.82, 2.24) is 15.5 Å². The predicted octanol–water partition coefficient (Wildman–Crippen LogP) is 2.55. The van der Waals surface area contributed by atoms with Crippen LogP contribution in [0.15, 0.2) is 4.99 Å². The summed E-state index contributed by atoms with van der Waals surface area (Å²) in [4.78, 5) is 6.67. The first-order chi connectivity index (χ1) is 8.63. The Morgan fingerprint density at radius 1 is 1.11 bits per heavy atom. The minimum Gasteiger partial charge on any atom is -0.356 e. The highest BCUT2D eigenvalue weighted by atomic mass is 127. The number of halogens is 1. The predicted molar refractivity (Wildman–Crippen MR) is 96.6 cm³/mol. The topological polar surface area (TPSA) is 39.7 Å². The van der Waals surface area contributed by atoms with Crippen molar-refractivity contribution < 1.29 is 0 Å². The number of hydrogen-bond donors (Lipinski definition) is 2. The molecule has 0 fully saturated rings. The highest BCUT2D eigenvalue weighted by molar-refractivity contribution is 14.0.